The van der Waals surface area contributed by atoms with Crippen LogP contribution in [0.25, 0.3) is 0 Å². The van der Waals surface area contributed by atoms with E-state index in [2.05, 4.69) is 10.4 Å². The maximum absolute atomic E-state index is 11.5. The maximum atomic E-state index is 11.5. The Bertz CT molecular complexity index is 752. The lowest BCUT2D eigenvalue weighted by Gasteiger charge is -2.10. The molecule has 1 heterocycles. The van der Waals surface area contributed by atoms with E-state index in [1.807, 2.05) is 24.3 Å². The second-order valence-electron chi connectivity index (χ2n) is 5.61. The fraction of sp³-hybridized carbons (Fsp3) is 0.375. The molecule has 2 rings (SSSR count). The van der Waals surface area contributed by atoms with Gasteiger partial charge in [-0.05, 0) is 31.0 Å². The molecule has 8 nitrogen and oxygen atoms in total. The fourth-order valence-corrected chi connectivity index (χ4v) is 2.50. The van der Waals surface area contributed by atoms with E-state index in [0.717, 1.165) is 5.56 Å². The Morgan fingerprint density at radius 2 is 2.04 bits per heavy atom. The number of rotatable bonds is 6. The lowest BCUT2D eigenvalue weighted by molar-refractivity contribution is -0.384. The summed E-state index contributed by atoms with van der Waals surface area (Å²) in [7, 11) is 3.02. The maximum Gasteiger partial charge on any atom is 0.334 e. The summed E-state index contributed by atoms with van der Waals surface area (Å²) in [4.78, 5) is 22.2. The van der Waals surface area contributed by atoms with Gasteiger partial charge in [0.25, 0.3) is 0 Å². The third kappa shape index (κ3) is 3.70. The summed E-state index contributed by atoms with van der Waals surface area (Å²) in [5.74, 6) is -0.152. The van der Waals surface area contributed by atoms with Crippen molar-refractivity contribution in [1.82, 2.24) is 9.78 Å². The van der Waals surface area contributed by atoms with Crippen LogP contribution in [0.5, 0.6) is 0 Å². The van der Waals surface area contributed by atoms with E-state index >= 15 is 0 Å². The van der Waals surface area contributed by atoms with Crippen LogP contribution in [0.2, 0.25) is 0 Å². The van der Waals surface area contributed by atoms with Crippen LogP contribution in [0.1, 0.15) is 18.2 Å². The minimum Gasteiger partial charge on any atom is -0.469 e. The number of aromatic nitrogens is 2. The van der Waals surface area contributed by atoms with Gasteiger partial charge in [0.15, 0.2) is 0 Å². The molecule has 24 heavy (non-hydrogen) atoms. The van der Waals surface area contributed by atoms with Crippen molar-refractivity contribution >= 4 is 23.2 Å². The first-order valence-electron chi connectivity index (χ1n) is 7.45. The summed E-state index contributed by atoms with van der Waals surface area (Å²) in [6.45, 7) is 3.40. The Morgan fingerprint density at radius 3 is 2.58 bits per heavy atom. The van der Waals surface area contributed by atoms with Gasteiger partial charge in [0.1, 0.15) is 5.69 Å². The van der Waals surface area contributed by atoms with Crippen LogP contribution in [0.3, 0.4) is 0 Å². The number of hydrogen-bond acceptors (Lipinski definition) is 6. The minimum atomic E-state index is -0.447. The molecule has 0 aliphatic rings. The number of nitrogens with one attached hydrogen (secondary N) is 1. The quantitative estimate of drug-likeness (QED) is 0.496. The minimum absolute atomic E-state index is 0.0408. The first kappa shape index (κ1) is 17.5. The summed E-state index contributed by atoms with van der Waals surface area (Å²) in [5, 5.41) is 18.3. The van der Waals surface area contributed by atoms with Gasteiger partial charge in [0, 0.05) is 12.7 Å². The van der Waals surface area contributed by atoms with E-state index in [0.29, 0.717) is 23.6 Å². The monoisotopic (exact) mass is 332 g/mol. The van der Waals surface area contributed by atoms with E-state index in [-0.39, 0.29) is 17.6 Å². The van der Waals surface area contributed by atoms with Crippen LogP contribution < -0.4 is 5.32 Å². The summed E-state index contributed by atoms with van der Waals surface area (Å²) in [6.07, 6.45) is 0.567. The second kappa shape index (κ2) is 7.12. The van der Waals surface area contributed by atoms with Gasteiger partial charge in [-0.3, -0.25) is 14.9 Å². The van der Waals surface area contributed by atoms with E-state index in [1.54, 1.807) is 20.9 Å². The van der Waals surface area contributed by atoms with Crippen molar-refractivity contribution in [3.63, 3.8) is 0 Å². The standard InChI is InChI=1S/C16H20N4O4/c1-10(16(21)24-4)9-12-5-7-13(8-6-12)17-15-14(20(22)23)11(2)18-19(15)3/h5-8,10,17H,9H2,1-4H3. The average Bonchev–Trinajstić information content (AvgIpc) is 2.82. The van der Waals surface area contributed by atoms with E-state index < -0.39 is 4.92 Å². The van der Waals surface area contributed by atoms with Crippen LogP contribution in [0, 0.1) is 23.0 Å². The van der Waals surface area contributed by atoms with Gasteiger partial charge in [0.05, 0.1) is 18.0 Å². The number of nitrogens with zero attached hydrogens (tertiary/aromatic N) is 3. The summed E-state index contributed by atoms with van der Waals surface area (Å²) >= 11 is 0. The smallest absolute Gasteiger partial charge is 0.334 e. The Morgan fingerprint density at radius 1 is 1.42 bits per heavy atom. The van der Waals surface area contributed by atoms with Gasteiger partial charge in [-0.1, -0.05) is 19.1 Å². The number of esters is 1. The molecular weight excluding hydrogens is 312 g/mol. The van der Waals surface area contributed by atoms with Gasteiger partial charge in [0.2, 0.25) is 5.82 Å². The molecule has 0 aliphatic heterocycles. The molecule has 0 radical (unpaired) electrons. The molecule has 0 aliphatic carbocycles. The molecule has 0 saturated carbocycles. The lowest BCUT2D eigenvalue weighted by Crippen LogP contribution is -2.15. The highest BCUT2D eigenvalue weighted by Gasteiger charge is 2.24. The Balaban J connectivity index is 2.16. The van der Waals surface area contributed by atoms with Crippen molar-refractivity contribution in [2.45, 2.75) is 20.3 Å². The number of nitro groups is 1. The van der Waals surface area contributed by atoms with Crippen molar-refractivity contribution in [2.75, 3.05) is 12.4 Å². The second-order valence-corrected chi connectivity index (χ2v) is 5.61. The highest BCUT2D eigenvalue weighted by Crippen LogP contribution is 2.30. The molecule has 1 atom stereocenters. The van der Waals surface area contributed by atoms with Crippen LogP contribution in [0.15, 0.2) is 24.3 Å². The molecule has 0 amide bonds. The number of carbonyl (C=O) groups excluding carboxylic acids is 1. The van der Waals surface area contributed by atoms with Crippen LogP contribution in [0.4, 0.5) is 17.2 Å². The predicted octanol–water partition coefficient (Wildman–Crippen LogP) is 2.73. The van der Waals surface area contributed by atoms with Gasteiger partial charge in [-0.2, -0.15) is 5.10 Å². The normalized spacial score (nSPS) is 11.8. The zero-order chi connectivity index (χ0) is 17.9. The molecule has 8 heteroatoms. The first-order chi connectivity index (χ1) is 11.3. The van der Waals surface area contributed by atoms with Crippen LogP contribution in [-0.4, -0.2) is 27.8 Å². The van der Waals surface area contributed by atoms with E-state index in [4.69, 9.17) is 4.74 Å². The lowest BCUT2D eigenvalue weighted by atomic mass is 10.0. The molecular formula is C16H20N4O4. The van der Waals surface area contributed by atoms with E-state index in [1.165, 1.54) is 11.8 Å². The molecule has 0 bridgehead atoms. The topological polar surface area (TPSA) is 99.3 Å². The Hall–Kier alpha value is -2.90. The van der Waals surface area contributed by atoms with Crippen LogP contribution in [-0.2, 0) is 23.0 Å². The van der Waals surface area contributed by atoms with E-state index in [9.17, 15) is 14.9 Å². The number of benzene rings is 1. The molecule has 0 fully saturated rings. The number of hydrogen-bond donors (Lipinski definition) is 1. The summed E-state index contributed by atoms with van der Waals surface area (Å²) < 4.78 is 6.16. The van der Waals surface area contributed by atoms with Gasteiger partial charge >= 0.3 is 11.7 Å². The predicted molar refractivity (Wildman–Crippen MR) is 89.2 cm³/mol. The Kier molecular flexibility index (Phi) is 5.18. The largest absolute Gasteiger partial charge is 0.469 e. The SMILES string of the molecule is COC(=O)C(C)Cc1ccc(Nc2c([N+](=O)[O-])c(C)nn2C)cc1. The zero-order valence-corrected chi connectivity index (χ0v) is 14.1. The average molecular weight is 332 g/mol. The van der Waals surface area contributed by atoms with Gasteiger partial charge < -0.3 is 10.1 Å². The highest BCUT2D eigenvalue weighted by atomic mass is 16.6. The summed E-state index contributed by atoms with van der Waals surface area (Å²) in [5.41, 5.74) is 2.00. The van der Waals surface area contributed by atoms with Crippen molar-refractivity contribution in [2.24, 2.45) is 13.0 Å². The third-order valence-corrected chi connectivity index (χ3v) is 3.74. The molecule has 2 aromatic rings. The van der Waals surface area contributed by atoms with Crippen LogP contribution >= 0.6 is 0 Å². The summed E-state index contributed by atoms with van der Waals surface area (Å²) in [6, 6.07) is 7.37. The first-order valence-corrected chi connectivity index (χ1v) is 7.45. The highest BCUT2D eigenvalue weighted by molar-refractivity contribution is 5.72. The molecule has 0 spiro atoms. The fourth-order valence-electron chi connectivity index (χ4n) is 2.50. The molecule has 0 saturated heterocycles. The van der Waals surface area contributed by atoms with Crippen molar-refractivity contribution in [3.05, 3.63) is 45.6 Å². The number of aryl methyl sites for hydroxylation is 2. The molecule has 1 N–H and O–H groups in total. The number of ether oxygens (including phenoxy) is 1. The van der Waals surface area contributed by atoms with Crippen molar-refractivity contribution < 1.29 is 14.5 Å². The molecule has 1 aromatic heterocycles. The number of anilines is 2. The van der Waals surface area contributed by atoms with Crippen molar-refractivity contribution in [1.29, 1.82) is 0 Å². The molecule has 128 valence electrons. The molecule has 1 aromatic carbocycles. The Labute approximate surface area is 139 Å². The van der Waals surface area contributed by atoms with Gasteiger partial charge in [-0.15, -0.1) is 0 Å². The zero-order valence-electron chi connectivity index (χ0n) is 14.1. The third-order valence-electron chi connectivity index (χ3n) is 3.74. The van der Waals surface area contributed by atoms with Crippen molar-refractivity contribution in [3.8, 4) is 0 Å². The number of carbonyl (C=O) groups is 1. The number of methoxy groups -OCH3 is 1. The van der Waals surface area contributed by atoms with Gasteiger partial charge in [-0.25, -0.2) is 4.68 Å². The molecule has 1 unspecified atom stereocenters.